The molecule has 2 bridgehead atoms. The van der Waals surface area contributed by atoms with E-state index in [2.05, 4.69) is 38.7 Å². The highest BCUT2D eigenvalue weighted by Crippen LogP contribution is 2.35. The number of benzene rings is 1. The molecule has 5 heterocycles. The van der Waals surface area contributed by atoms with E-state index < -0.39 is 6.35 Å². The molecule has 4 saturated heterocycles. The normalized spacial score (nSPS) is 28.7. The molecule has 4 aliphatic rings. The molecular formula is C18H21N5O2. The van der Waals surface area contributed by atoms with Crippen LogP contribution in [0.5, 0.6) is 0 Å². The van der Waals surface area contributed by atoms with Gasteiger partial charge in [0.25, 0.3) is 0 Å². The van der Waals surface area contributed by atoms with E-state index in [9.17, 15) is 9.90 Å². The highest BCUT2D eigenvalue weighted by molar-refractivity contribution is 6.01. The Morgan fingerprint density at radius 1 is 1.12 bits per heavy atom. The zero-order chi connectivity index (χ0) is 17.0. The molecule has 25 heavy (non-hydrogen) atoms. The number of carbonyl (C=O) groups is 1. The van der Waals surface area contributed by atoms with Gasteiger partial charge >= 0.3 is 0 Å². The summed E-state index contributed by atoms with van der Waals surface area (Å²) in [4.78, 5) is 20.1. The smallest absolute Gasteiger partial charge is 0.225 e. The zero-order valence-electron chi connectivity index (χ0n) is 13.9. The molecule has 3 atom stereocenters. The maximum atomic E-state index is 11.5. The van der Waals surface area contributed by atoms with Crippen molar-refractivity contribution >= 4 is 28.1 Å². The molecule has 3 unspecified atom stereocenters. The van der Waals surface area contributed by atoms with Crippen molar-refractivity contribution in [3.63, 3.8) is 0 Å². The number of aromatic nitrogens is 1. The van der Waals surface area contributed by atoms with E-state index in [1.165, 1.54) is 12.1 Å². The largest absolute Gasteiger partial charge is 0.368 e. The van der Waals surface area contributed by atoms with Gasteiger partial charge in [-0.1, -0.05) is 12.1 Å². The number of rotatable bonds is 2. The summed E-state index contributed by atoms with van der Waals surface area (Å²) in [5.41, 5.74) is 2.05. The van der Waals surface area contributed by atoms with Crippen LogP contribution in [0.2, 0.25) is 0 Å². The number of hydrogen-bond donors (Lipinski definition) is 3. The number of piperazine rings is 1. The first-order chi connectivity index (χ1) is 12.2. The van der Waals surface area contributed by atoms with Crippen molar-refractivity contribution in [1.29, 1.82) is 0 Å². The minimum absolute atomic E-state index is 0.127. The number of piperidine rings is 1. The minimum atomic E-state index is -1.01. The molecule has 0 radical (unpaired) electrons. The van der Waals surface area contributed by atoms with Crippen molar-refractivity contribution in [2.24, 2.45) is 0 Å². The molecule has 1 amide bonds. The molecule has 4 fully saturated rings. The molecular weight excluding hydrogens is 318 g/mol. The highest BCUT2D eigenvalue weighted by Gasteiger charge is 2.37. The molecule has 0 spiro atoms. The number of carbonyl (C=O) groups excluding carboxylic acids is 1. The maximum absolute atomic E-state index is 11.5. The van der Waals surface area contributed by atoms with Crippen molar-refractivity contribution in [2.45, 2.75) is 31.3 Å². The number of anilines is 2. The molecule has 0 aliphatic carbocycles. The number of aliphatic hydroxyl groups excluding tert-OH is 1. The number of hydrogen-bond acceptors (Lipinski definition) is 6. The topological polar surface area (TPSA) is 80.7 Å². The first-order valence-electron chi connectivity index (χ1n) is 8.81. The third kappa shape index (κ3) is 2.42. The fourth-order valence-corrected chi connectivity index (χ4v) is 4.27. The summed E-state index contributed by atoms with van der Waals surface area (Å²) in [6.07, 6.45) is 4.29. The Bertz CT molecular complexity index is 825. The van der Waals surface area contributed by atoms with Gasteiger partial charge in [0.2, 0.25) is 12.3 Å². The Morgan fingerprint density at radius 2 is 1.92 bits per heavy atom. The van der Waals surface area contributed by atoms with Gasteiger partial charge in [-0.05, 0) is 12.5 Å². The average Bonchev–Trinajstić information content (AvgIpc) is 2.60. The number of aliphatic hydroxyl groups is 1. The Morgan fingerprint density at radius 3 is 2.68 bits per heavy atom. The monoisotopic (exact) mass is 339 g/mol. The molecule has 1 aromatic carbocycles. The van der Waals surface area contributed by atoms with Crippen LogP contribution in [-0.2, 0) is 4.79 Å². The Hall–Kier alpha value is -2.38. The van der Waals surface area contributed by atoms with Crippen molar-refractivity contribution in [2.75, 3.05) is 29.4 Å². The van der Waals surface area contributed by atoms with Gasteiger partial charge in [-0.15, -0.1) is 0 Å². The van der Waals surface area contributed by atoms with Crippen molar-refractivity contribution < 1.29 is 9.90 Å². The summed E-state index contributed by atoms with van der Waals surface area (Å²) in [6, 6.07) is 7.44. The van der Waals surface area contributed by atoms with Crippen LogP contribution in [0, 0.1) is 0 Å². The number of amides is 1. The van der Waals surface area contributed by atoms with Crippen LogP contribution in [0.1, 0.15) is 12.8 Å². The van der Waals surface area contributed by atoms with Crippen molar-refractivity contribution in [3.8, 4) is 0 Å². The van der Waals surface area contributed by atoms with E-state index in [0.717, 1.165) is 29.5 Å². The first kappa shape index (κ1) is 14.9. The third-order valence-corrected chi connectivity index (χ3v) is 5.50. The predicted octanol–water partition coefficient (Wildman–Crippen LogP) is 0.387. The quantitative estimate of drug-likeness (QED) is 0.734. The lowest BCUT2D eigenvalue weighted by Gasteiger charge is -2.49. The SMILES string of the molecule is O=C1CCN(c2cncc3c(N4CC5CC(C4)N5)cccc23)C(O)N1. The first-order valence-corrected chi connectivity index (χ1v) is 8.81. The molecule has 0 saturated carbocycles. The van der Waals surface area contributed by atoms with Crippen LogP contribution in [0.15, 0.2) is 30.6 Å². The lowest BCUT2D eigenvalue weighted by Crippen LogP contribution is -2.67. The van der Waals surface area contributed by atoms with Gasteiger partial charge in [-0.25, -0.2) is 0 Å². The van der Waals surface area contributed by atoms with Gasteiger partial charge in [-0.3, -0.25) is 9.78 Å². The maximum Gasteiger partial charge on any atom is 0.225 e. The van der Waals surface area contributed by atoms with Gasteiger partial charge in [0, 0.05) is 60.8 Å². The number of fused-ring (bicyclic) bond motifs is 3. The molecule has 4 aliphatic heterocycles. The van der Waals surface area contributed by atoms with Crippen LogP contribution in [-0.4, -0.2) is 54.1 Å². The van der Waals surface area contributed by atoms with E-state index in [-0.39, 0.29) is 5.91 Å². The second-order valence-corrected chi connectivity index (χ2v) is 7.12. The van der Waals surface area contributed by atoms with Crippen LogP contribution < -0.4 is 20.4 Å². The van der Waals surface area contributed by atoms with E-state index in [1.54, 1.807) is 11.1 Å². The van der Waals surface area contributed by atoms with E-state index in [0.29, 0.717) is 25.0 Å². The molecule has 7 nitrogen and oxygen atoms in total. The lowest BCUT2D eigenvalue weighted by molar-refractivity contribution is -0.125. The molecule has 1 aromatic heterocycles. The fraction of sp³-hybridized carbons (Fsp3) is 0.444. The Balaban J connectivity index is 1.55. The summed E-state index contributed by atoms with van der Waals surface area (Å²) >= 11 is 0. The highest BCUT2D eigenvalue weighted by atomic mass is 16.3. The summed E-state index contributed by atoms with van der Waals surface area (Å²) < 4.78 is 0. The van der Waals surface area contributed by atoms with Gasteiger partial charge in [0.05, 0.1) is 11.9 Å². The molecule has 130 valence electrons. The standard InChI is InChI=1S/C18H21N5O2/c24-17-4-5-23(18(25)21-17)16-8-19-7-14-13(16)2-1-3-15(14)22-9-11-6-12(10-22)20-11/h1-3,7-8,11-12,18,20,25H,4-6,9-10H2,(H,21,24). The fourth-order valence-electron chi connectivity index (χ4n) is 4.27. The zero-order valence-corrected chi connectivity index (χ0v) is 13.9. The third-order valence-electron chi connectivity index (χ3n) is 5.50. The number of pyridine rings is 1. The number of nitrogens with one attached hydrogen (secondary N) is 2. The summed E-state index contributed by atoms with van der Waals surface area (Å²) in [6.45, 7) is 2.51. The van der Waals surface area contributed by atoms with Gasteiger partial charge in [0.15, 0.2) is 0 Å². The second kappa shape index (κ2) is 5.57. The van der Waals surface area contributed by atoms with E-state index in [4.69, 9.17) is 0 Å². The van der Waals surface area contributed by atoms with E-state index in [1.807, 2.05) is 6.20 Å². The van der Waals surface area contributed by atoms with E-state index >= 15 is 0 Å². The minimum Gasteiger partial charge on any atom is -0.368 e. The van der Waals surface area contributed by atoms with Crippen molar-refractivity contribution in [3.05, 3.63) is 30.6 Å². The summed E-state index contributed by atoms with van der Waals surface area (Å²) in [5, 5.41) is 18.5. The lowest BCUT2D eigenvalue weighted by atomic mass is 9.90. The molecule has 2 aromatic rings. The Kier molecular flexibility index (Phi) is 3.33. The molecule has 7 heteroatoms. The Labute approximate surface area is 145 Å². The molecule has 6 rings (SSSR count). The van der Waals surface area contributed by atoms with Crippen LogP contribution in [0.3, 0.4) is 0 Å². The van der Waals surface area contributed by atoms with Gasteiger partial charge in [-0.2, -0.15) is 0 Å². The van der Waals surface area contributed by atoms with Crippen LogP contribution in [0.4, 0.5) is 11.4 Å². The second-order valence-electron chi connectivity index (χ2n) is 7.12. The average molecular weight is 339 g/mol. The number of nitrogens with zero attached hydrogens (tertiary/aromatic N) is 3. The van der Waals surface area contributed by atoms with Crippen molar-refractivity contribution in [1.82, 2.24) is 15.6 Å². The van der Waals surface area contributed by atoms with Crippen LogP contribution in [0.25, 0.3) is 10.8 Å². The van der Waals surface area contributed by atoms with Gasteiger partial charge < -0.3 is 25.5 Å². The van der Waals surface area contributed by atoms with Crippen LogP contribution >= 0.6 is 0 Å². The predicted molar refractivity (Wildman–Crippen MR) is 95.4 cm³/mol. The molecule has 3 N–H and O–H groups in total. The van der Waals surface area contributed by atoms with Gasteiger partial charge in [0.1, 0.15) is 0 Å². The summed E-state index contributed by atoms with van der Waals surface area (Å²) in [5.74, 6) is -0.127. The summed E-state index contributed by atoms with van der Waals surface area (Å²) in [7, 11) is 0.